The third-order valence-corrected chi connectivity index (χ3v) is 2.81. The van der Waals surface area contributed by atoms with Crippen molar-refractivity contribution < 1.29 is 35.9 Å². The molecule has 1 aromatic heterocycles. The molecule has 11 heteroatoms. The predicted octanol–water partition coefficient (Wildman–Crippen LogP) is 3.43. The van der Waals surface area contributed by atoms with Gasteiger partial charge in [0.15, 0.2) is 11.4 Å². The van der Waals surface area contributed by atoms with Gasteiger partial charge >= 0.3 is 12.8 Å². The molecule has 0 fully saturated rings. The molecule has 0 bridgehead atoms. The summed E-state index contributed by atoms with van der Waals surface area (Å²) in [6, 6.07) is 2.89. The first-order valence-corrected chi connectivity index (χ1v) is 6.25. The van der Waals surface area contributed by atoms with Crippen LogP contribution in [0.4, 0.5) is 32.0 Å². The minimum atomic E-state index is -4.75. The third-order valence-electron chi connectivity index (χ3n) is 2.81. The largest absolute Gasteiger partial charge is 0.435 e. The van der Waals surface area contributed by atoms with Gasteiger partial charge < -0.3 is 10.1 Å². The summed E-state index contributed by atoms with van der Waals surface area (Å²) in [6.07, 6.45) is -4.75. The van der Waals surface area contributed by atoms with E-state index in [-0.39, 0.29) is 5.69 Å². The molecule has 1 heterocycles. The Morgan fingerprint density at radius 3 is 2.50 bits per heavy atom. The fourth-order valence-corrected chi connectivity index (χ4v) is 1.80. The van der Waals surface area contributed by atoms with Crippen molar-refractivity contribution in [3.63, 3.8) is 0 Å². The molecule has 1 amide bonds. The topological polar surface area (TPSA) is 56.2 Å². The second-order valence-corrected chi connectivity index (χ2v) is 4.51. The number of rotatable bonds is 4. The zero-order valence-corrected chi connectivity index (χ0v) is 11.9. The van der Waals surface area contributed by atoms with Gasteiger partial charge in [0.1, 0.15) is 11.5 Å². The highest BCUT2D eigenvalue weighted by atomic mass is 19.4. The van der Waals surface area contributed by atoms with Gasteiger partial charge in [-0.25, -0.2) is 4.39 Å². The minimum absolute atomic E-state index is 0.337. The molecule has 0 atom stereocenters. The Balaban J connectivity index is 2.29. The molecule has 0 saturated carbocycles. The fourth-order valence-electron chi connectivity index (χ4n) is 1.80. The smallest absolute Gasteiger partial charge is 0.432 e. The molecule has 0 radical (unpaired) electrons. The van der Waals surface area contributed by atoms with Gasteiger partial charge in [-0.05, 0) is 12.1 Å². The lowest BCUT2D eigenvalue weighted by Gasteiger charge is -2.12. The van der Waals surface area contributed by atoms with E-state index in [1.165, 1.54) is 0 Å². The normalized spacial score (nSPS) is 11.7. The zero-order chi connectivity index (χ0) is 18.1. The molecule has 0 aliphatic carbocycles. The predicted molar refractivity (Wildman–Crippen MR) is 69.2 cm³/mol. The van der Waals surface area contributed by atoms with Gasteiger partial charge in [0.05, 0.1) is 5.69 Å². The van der Waals surface area contributed by atoms with Crippen LogP contribution in [-0.2, 0) is 13.2 Å². The maximum atomic E-state index is 13.1. The number of aromatic nitrogens is 2. The van der Waals surface area contributed by atoms with E-state index in [1.807, 2.05) is 0 Å². The molecule has 0 unspecified atom stereocenters. The summed E-state index contributed by atoms with van der Waals surface area (Å²) in [7, 11) is 1.10. The first-order chi connectivity index (χ1) is 11.1. The van der Waals surface area contributed by atoms with Crippen molar-refractivity contribution in [3.8, 4) is 5.75 Å². The number of benzene rings is 1. The van der Waals surface area contributed by atoms with Gasteiger partial charge in [-0.2, -0.15) is 27.1 Å². The van der Waals surface area contributed by atoms with Crippen LogP contribution in [0.1, 0.15) is 16.2 Å². The van der Waals surface area contributed by atoms with Gasteiger partial charge in [-0.3, -0.25) is 9.48 Å². The van der Waals surface area contributed by atoms with E-state index in [0.717, 1.165) is 19.2 Å². The number of hydrogen-bond acceptors (Lipinski definition) is 3. The molecular formula is C13H9F6N3O2. The van der Waals surface area contributed by atoms with Crippen molar-refractivity contribution >= 4 is 11.6 Å². The number of amides is 1. The van der Waals surface area contributed by atoms with Gasteiger partial charge in [-0.15, -0.1) is 0 Å². The quantitative estimate of drug-likeness (QED) is 0.857. The summed E-state index contributed by atoms with van der Waals surface area (Å²) in [5.41, 5.74) is -2.11. The van der Waals surface area contributed by atoms with E-state index < -0.39 is 41.6 Å². The fraction of sp³-hybridized carbons (Fsp3) is 0.231. The first kappa shape index (κ1) is 17.6. The van der Waals surface area contributed by atoms with E-state index >= 15 is 0 Å². The van der Waals surface area contributed by atoms with Crippen LogP contribution in [-0.4, -0.2) is 22.3 Å². The summed E-state index contributed by atoms with van der Waals surface area (Å²) in [4.78, 5) is 12.0. The minimum Gasteiger partial charge on any atom is -0.432 e. The zero-order valence-electron chi connectivity index (χ0n) is 11.9. The molecule has 0 saturated heterocycles. The van der Waals surface area contributed by atoms with Gasteiger partial charge in [0.2, 0.25) is 0 Å². The number of nitrogens with zero attached hydrogens (tertiary/aromatic N) is 2. The third kappa shape index (κ3) is 3.97. The monoisotopic (exact) mass is 353 g/mol. The molecule has 5 nitrogen and oxygen atoms in total. The standard InChI is InChI=1S/C13H9F6N3O2/c1-22-8(5-10(21-22)13(17,18)19)11(23)20-7-3-2-6(14)4-9(7)24-12(15)16/h2-5,12H,1H3,(H,20,23). The molecule has 0 spiro atoms. The number of nitrogens with one attached hydrogen (secondary N) is 1. The van der Waals surface area contributed by atoms with Crippen LogP contribution in [0, 0.1) is 5.82 Å². The maximum Gasteiger partial charge on any atom is 0.435 e. The van der Waals surface area contributed by atoms with Crippen LogP contribution in [0.5, 0.6) is 5.75 Å². The summed E-state index contributed by atoms with van der Waals surface area (Å²) in [5, 5.41) is 5.22. The molecule has 1 aromatic carbocycles. The number of hydrogen-bond donors (Lipinski definition) is 1. The van der Waals surface area contributed by atoms with Crippen molar-refractivity contribution in [2.24, 2.45) is 7.05 Å². The molecule has 0 aliphatic heterocycles. The highest BCUT2D eigenvalue weighted by Gasteiger charge is 2.35. The van der Waals surface area contributed by atoms with Crippen molar-refractivity contribution in [2.45, 2.75) is 12.8 Å². The summed E-state index contributed by atoms with van der Waals surface area (Å²) in [6.45, 7) is -3.28. The Labute approximate surface area is 130 Å². The van der Waals surface area contributed by atoms with Gasteiger partial charge in [0, 0.05) is 19.2 Å². The lowest BCUT2D eigenvalue weighted by Crippen LogP contribution is -2.17. The number of alkyl halides is 5. The second kappa shape index (κ2) is 6.42. The van der Waals surface area contributed by atoms with Crippen LogP contribution in [0.25, 0.3) is 0 Å². The Morgan fingerprint density at radius 2 is 1.96 bits per heavy atom. The molecular weight excluding hydrogens is 344 g/mol. The van der Waals surface area contributed by atoms with Crippen LogP contribution < -0.4 is 10.1 Å². The number of anilines is 1. The van der Waals surface area contributed by atoms with E-state index in [1.54, 1.807) is 0 Å². The number of halogens is 6. The summed E-state index contributed by atoms with van der Waals surface area (Å²) in [5.74, 6) is -2.63. The lowest BCUT2D eigenvalue weighted by atomic mass is 10.2. The molecule has 0 aliphatic rings. The van der Waals surface area contributed by atoms with Crippen molar-refractivity contribution in [2.75, 3.05) is 5.32 Å². The summed E-state index contributed by atoms with van der Waals surface area (Å²) >= 11 is 0. The lowest BCUT2D eigenvalue weighted by molar-refractivity contribution is -0.141. The highest BCUT2D eigenvalue weighted by molar-refractivity contribution is 6.04. The average Bonchev–Trinajstić information content (AvgIpc) is 2.83. The molecule has 2 rings (SSSR count). The SMILES string of the molecule is Cn1nc(C(F)(F)F)cc1C(=O)Nc1ccc(F)cc1OC(F)F. The van der Waals surface area contributed by atoms with E-state index in [9.17, 15) is 31.1 Å². The molecule has 130 valence electrons. The second-order valence-electron chi connectivity index (χ2n) is 4.51. The van der Waals surface area contributed by atoms with Crippen LogP contribution in [0.3, 0.4) is 0 Å². The average molecular weight is 353 g/mol. The van der Waals surface area contributed by atoms with Crippen LogP contribution in [0.2, 0.25) is 0 Å². The Morgan fingerprint density at radius 1 is 1.29 bits per heavy atom. The Kier molecular flexibility index (Phi) is 4.71. The van der Waals surface area contributed by atoms with Crippen LogP contribution >= 0.6 is 0 Å². The van der Waals surface area contributed by atoms with E-state index in [4.69, 9.17) is 0 Å². The summed E-state index contributed by atoms with van der Waals surface area (Å²) < 4.78 is 80.1. The van der Waals surface area contributed by atoms with E-state index in [0.29, 0.717) is 16.8 Å². The van der Waals surface area contributed by atoms with Gasteiger partial charge in [-0.1, -0.05) is 0 Å². The first-order valence-electron chi connectivity index (χ1n) is 6.25. The van der Waals surface area contributed by atoms with Crippen molar-refractivity contribution in [1.29, 1.82) is 0 Å². The van der Waals surface area contributed by atoms with Crippen molar-refractivity contribution in [3.05, 3.63) is 41.5 Å². The van der Waals surface area contributed by atoms with Gasteiger partial charge in [0.25, 0.3) is 5.91 Å². The number of ether oxygens (including phenoxy) is 1. The van der Waals surface area contributed by atoms with Crippen LogP contribution in [0.15, 0.2) is 24.3 Å². The maximum absolute atomic E-state index is 13.1. The van der Waals surface area contributed by atoms with E-state index in [2.05, 4.69) is 15.2 Å². The number of carbonyl (C=O) groups excluding carboxylic acids is 1. The molecule has 24 heavy (non-hydrogen) atoms. The Bertz CT molecular complexity index is 757. The number of aryl methyl sites for hydroxylation is 1. The molecule has 1 N–H and O–H groups in total. The van der Waals surface area contributed by atoms with Crippen molar-refractivity contribution in [1.82, 2.24) is 9.78 Å². The molecule has 2 aromatic rings. The number of carbonyl (C=O) groups is 1. The Hall–Kier alpha value is -2.72. The highest BCUT2D eigenvalue weighted by Crippen LogP contribution is 2.30.